The minimum Gasteiger partial charge on any atom is -0.421 e. The summed E-state index contributed by atoms with van der Waals surface area (Å²) in [6.45, 7) is 1.78. The van der Waals surface area contributed by atoms with Crippen LogP contribution in [0, 0.1) is 6.92 Å². The number of aromatic nitrogens is 4. The molecule has 0 saturated carbocycles. The predicted octanol–water partition coefficient (Wildman–Crippen LogP) is 4.11. The molecule has 0 amide bonds. The van der Waals surface area contributed by atoms with E-state index in [2.05, 4.69) is 50.3 Å². The zero-order valence-corrected chi connectivity index (χ0v) is 13.5. The zero-order valence-electron chi connectivity index (χ0n) is 12.7. The van der Waals surface area contributed by atoms with Crippen molar-refractivity contribution in [2.24, 2.45) is 0 Å². The molecule has 0 unspecified atom stereocenters. The molecule has 2 aromatic heterocycles. The van der Waals surface area contributed by atoms with Crippen LogP contribution >= 0.6 is 11.8 Å². The van der Waals surface area contributed by atoms with Crippen LogP contribution in [0.4, 0.5) is 0 Å². The SMILES string of the molecule is CSc1ccc(-n2cnc3ccc(-c4nnc(C)o4)cc32)cc1. The standard InChI is InChI=1S/C17H14N4OS/c1-11-19-20-17(22-11)12-3-8-15-16(9-12)21(10-18-15)13-4-6-14(23-2)7-5-13/h3-10H,1-2H3. The highest BCUT2D eigenvalue weighted by Gasteiger charge is 2.10. The predicted molar refractivity (Wildman–Crippen MR) is 90.9 cm³/mol. The first-order chi connectivity index (χ1) is 11.2. The number of imidazole rings is 1. The van der Waals surface area contributed by atoms with E-state index in [1.807, 2.05) is 24.5 Å². The Morgan fingerprint density at radius 3 is 2.57 bits per heavy atom. The molecule has 4 rings (SSSR count). The van der Waals surface area contributed by atoms with Gasteiger partial charge in [0.2, 0.25) is 11.8 Å². The van der Waals surface area contributed by atoms with Gasteiger partial charge in [-0.05, 0) is 48.7 Å². The average molecular weight is 322 g/mol. The van der Waals surface area contributed by atoms with Gasteiger partial charge in [0.15, 0.2) is 0 Å². The number of benzene rings is 2. The lowest BCUT2D eigenvalue weighted by Gasteiger charge is -2.06. The van der Waals surface area contributed by atoms with Crippen LogP contribution in [-0.2, 0) is 0 Å². The zero-order chi connectivity index (χ0) is 15.8. The Bertz CT molecular complexity index is 972. The molecule has 0 atom stereocenters. The summed E-state index contributed by atoms with van der Waals surface area (Å²) in [4.78, 5) is 5.71. The number of hydrogen-bond acceptors (Lipinski definition) is 5. The van der Waals surface area contributed by atoms with Gasteiger partial charge in [0.1, 0.15) is 6.33 Å². The maximum absolute atomic E-state index is 5.52. The monoisotopic (exact) mass is 322 g/mol. The molecule has 23 heavy (non-hydrogen) atoms. The highest BCUT2D eigenvalue weighted by atomic mass is 32.2. The van der Waals surface area contributed by atoms with Crippen LogP contribution in [0.5, 0.6) is 0 Å². The normalized spacial score (nSPS) is 11.2. The van der Waals surface area contributed by atoms with Crippen LogP contribution in [0.3, 0.4) is 0 Å². The second kappa shape index (κ2) is 5.55. The molecule has 0 bridgehead atoms. The fraction of sp³-hybridized carbons (Fsp3) is 0.118. The lowest BCUT2D eigenvalue weighted by Crippen LogP contribution is -1.92. The Hall–Kier alpha value is -2.60. The van der Waals surface area contributed by atoms with E-state index in [4.69, 9.17) is 4.42 Å². The first kappa shape index (κ1) is 14.0. The van der Waals surface area contributed by atoms with E-state index in [1.54, 1.807) is 18.7 Å². The fourth-order valence-corrected chi connectivity index (χ4v) is 2.91. The molecular weight excluding hydrogens is 308 g/mol. The Balaban J connectivity index is 1.83. The molecule has 5 nitrogen and oxygen atoms in total. The summed E-state index contributed by atoms with van der Waals surface area (Å²) in [5.41, 5.74) is 3.90. The third-order valence-electron chi connectivity index (χ3n) is 3.67. The first-order valence-corrected chi connectivity index (χ1v) is 8.39. The van der Waals surface area contributed by atoms with Gasteiger partial charge in [0.05, 0.1) is 11.0 Å². The summed E-state index contributed by atoms with van der Waals surface area (Å²) in [6, 6.07) is 14.3. The van der Waals surface area contributed by atoms with Crippen LogP contribution in [0.25, 0.3) is 28.2 Å². The fourth-order valence-electron chi connectivity index (χ4n) is 2.50. The number of rotatable bonds is 3. The molecule has 2 heterocycles. The number of aryl methyl sites for hydroxylation is 1. The van der Waals surface area contributed by atoms with E-state index in [-0.39, 0.29) is 0 Å². The van der Waals surface area contributed by atoms with E-state index in [0.717, 1.165) is 22.3 Å². The van der Waals surface area contributed by atoms with Gasteiger partial charge in [-0.2, -0.15) is 0 Å². The number of hydrogen-bond donors (Lipinski definition) is 0. The number of fused-ring (bicyclic) bond motifs is 1. The average Bonchev–Trinajstić information content (AvgIpc) is 3.20. The summed E-state index contributed by atoms with van der Waals surface area (Å²) >= 11 is 1.73. The Labute approximate surface area is 137 Å². The molecule has 0 saturated heterocycles. The van der Waals surface area contributed by atoms with Gasteiger partial charge in [-0.25, -0.2) is 4.98 Å². The lowest BCUT2D eigenvalue weighted by atomic mass is 10.2. The molecule has 0 aliphatic rings. The molecular formula is C17H14N4OS. The first-order valence-electron chi connectivity index (χ1n) is 7.16. The maximum atomic E-state index is 5.52. The molecule has 0 fully saturated rings. The molecule has 6 heteroatoms. The van der Waals surface area contributed by atoms with Crippen molar-refractivity contribution < 1.29 is 4.42 Å². The largest absolute Gasteiger partial charge is 0.421 e. The summed E-state index contributed by atoms with van der Waals surface area (Å²) < 4.78 is 7.58. The van der Waals surface area contributed by atoms with E-state index in [1.165, 1.54) is 4.90 Å². The molecule has 4 aromatic rings. The van der Waals surface area contributed by atoms with Crippen LogP contribution in [-0.4, -0.2) is 26.0 Å². The van der Waals surface area contributed by atoms with Gasteiger partial charge in [-0.1, -0.05) is 0 Å². The van der Waals surface area contributed by atoms with E-state index < -0.39 is 0 Å². The Kier molecular flexibility index (Phi) is 3.38. The second-order valence-corrected chi connectivity index (χ2v) is 6.02. The smallest absolute Gasteiger partial charge is 0.247 e. The minimum atomic E-state index is 0.523. The number of nitrogens with zero attached hydrogens (tertiary/aromatic N) is 4. The van der Waals surface area contributed by atoms with Crippen molar-refractivity contribution in [3.05, 3.63) is 54.7 Å². The second-order valence-electron chi connectivity index (χ2n) is 5.14. The molecule has 0 radical (unpaired) electrons. The highest BCUT2D eigenvalue weighted by molar-refractivity contribution is 7.98. The summed E-state index contributed by atoms with van der Waals surface area (Å²) in [5.74, 6) is 1.08. The molecule has 0 aliphatic heterocycles. The quantitative estimate of drug-likeness (QED) is 0.531. The van der Waals surface area contributed by atoms with Crippen LogP contribution in [0.15, 0.2) is 58.1 Å². The highest BCUT2D eigenvalue weighted by Crippen LogP contribution is 2.26. The van der Waals surface area contributed by atoms with Crippen molar-refractivity contribution in [1.29, 1.82) is 0 Å². The molecule has 2 aromatic carbocycles. The van der Waals surface area contributed by atoms with E-state index in [9.17, 15) is 0 Å². The molecule has 0 N–H and O–H groups in total. The minimum absolute atomic E-state index is 0.523. The van der Waals surface area contributed by atoms with Crippen molar-refractivity contribution >= 4 is 22.8 Å². The Morgan fingerprint density at radius 2 is 1.87 bits per heavy atom. The van der Waals surface area contributed by atoms with Gasteiger partial charge in [-0.15, -0.1) is 22.0 Å². The topological polar surface area (TPSA) is 56.7 Å². The van der Waals surface area contributed by atoms with Crippen molar-refractivity contribution in [3.63, 3.8) is 0 Å². The van der Waals surface area contributed by atoms with Gasteiger partial charge in [0.25, 0.3) is 0 Å². The third kappa shape index (κ3) is 2.51. The summed E-state index contributed by atoms with van der Waals surface area (Å²) in [7, 11) is 0. The summed E-state index contributed by atoms with van der Waals surface area (Å²) in [5, 5.41) is 7.97. The number of thioether (sulfide) groups is 1. The van der Waals surface area contributed by atoms with Crippen molar-refractivity contribution in [2.75, 3.05) is 6.26 Å². The van der Waals surface area contributed by atoms with Gasteiger partial charge < -0.3 is 4.42 Å². The lowest BCUT2D eigenvalue weighted by molar-refractivity contribution is 0.533. The van der Waals surface area contributed by atoms with Crippen LogP contribution in [0.2, 0.25) is 0 Å². The maximum Gasteiger partial charge on any atom is 0.247 e. The van der Waals surface area contributed by atoms with Crippen LogP contribution in [0.1, 0.15) is 5.89 Å². The molecule has 0 spiro atoms. The van der Waals surface area contributed by atoms with Crippen molar-refractivity contribution in [3.8, 4) is 17.1 Å². The van der Waals surface area contributed by atoms with Gasteiger partial charge in [-0.3, -0.25) is 4.57 Å². The van der Waals surface area contributed by atoms with E-state index in [0.29, 0.717) is 11.8 Å². The van der Waals surface area contributed by atoms with Crippen molar-refractivity contribution in [1.82, 2.24) is 19.7 Å². The molecule has 114 valence electrons. The van der Waals surface area contributed by atoms with Gasteiger partial charge >= 0.3 is 0 Å². The Morgan fingerprint density at radius 1 is 1.04 bits per heavy atom. The summed E-state index contributed by atoms with van der Waals surface area (Å²) in [6.07, 6.45) is 3.90. The molecule has 0 aliphatic carbocycles. The van der Waals surface area contributed by atoms with Crippen LogP contribution < -0.4 is 0 Å². The van der Waals surface area contributed by atoms with E-state index >= 15 is 0 Å². The van der Waals surface area contributed by atoms with Gasteiger partial charge in [0, 0.05) is 23.1 Å². The van der Waals surface area contributed by atoms with Crippen molar-refractivity contribution in [2.45, 2.75) is 11.8 Å². The third-order valence-corrected chi connectivity index (χ3v) is 4.41.